The van der Waals surface area contributed by atoms with Crippen LogP contribution in [-0.2, 0) is 54.3 Å². The van der Waals surface area contributed by atoms with Crippen molar-refractivity contribution in [3.05, 3.63) is 71.8 Å². The first-order chi connectivity index (χ1) is 37.0. The molecule has 8 amide bonds. The zero-order chi connectivity index (χ0) is 59.3. The van der Waals surface area contributed by atoms with Gasteiger partial charge in [0.2, 0.25) is 41.4 Å². The molecule has 0 aliphatic carbocycles. The van der Waals surface area contributed by atoms with E-state index in [-0.39, 0.29) is 44.1 Å². The van der Waals surface area contributed by atoms with Crippen LogP contribution in [0.15, 0.2) is 60.7 Å². The number of carbonyl (C=O) groups excluding carboxylic acids is 9. The number of ether oxygens (including phenoxy) is 1. The van der Waals surface area contributed by atoms with Gasteiger partial charge in [-0.3, -0.25) is 38.4 Å². The second-order valence-corrected chi connectivity index (χ2v) is 23.7. The summed E-state index contributed by atoms with van der Waals surface area (Å²) in [5.74, 6) is -8.72. The minimum Gasteiger partial charge on any atom is -0.450 e. The molecule has 2 fully saturated rings. The summed E-state index contributed by atoms with van der Waals surface area (Å²) in [6.45, 7) is 21.6. The van der Waals surface area contributed by atoms with Crippen LogP contribution in [0.2, 0.25) is 0 Å². The molecule has 2 saturated heterocycles. The number of nitrogens with zero attached hydrogens (tertiary/aromatic N) is 5. The van der Waals surface area contributed by atoms with Gasteiger partial charge in [0, 0.05) is 41.2 Å². The molecule has 2 heterocycles. The molecule has 0 bridgehead atoms. The van der Waals surface area contributed by atoms with Crippen LogP contribution in [0.3, 0.4) is 0 Å². The highest BCUT2D eigenvalue weighted by molar-refractivity contribution is 5.99. The summed E-state index contributed by atoms with van der Waals surface area (Å²) in [6.07, 6.45) is -1.78. The lowest BCUT2D eigenvalue weighted by Gasteiger charge is -2.38. The second-order valence-electron chi connectivity index (χ2n) is 23.7. The molecular formula is C60H92N8O11. The van der Waals surface area contributed by atoms with Crippen LogP contribution in [0.25, 0.3) is 0 Å². The third kappa shape index (κ3) is 16.4. The minimum atomic E-state index is -1.64. The monoisotopic (exact) mass is 1100 g/mol. The standard InChI is InChI=1S/C60H92N8O11/c1-17-39(12)46-57(75)64(13)45(32-35(4)5)53(71)61-42(31-34(2)3)55(73)66(15)48(37(8)9)60(78)79-51(38(10)11)59(77)65(14)47(36(6)7)54(72)62-43(33-40-25-20-18-21-26-40)56(74)67(16)49(50(69)41-27-22-19-23-28-41)58(76)68-30-24-29-44(68)52(70)63-46/h18-23,25-28,34-39,42-51,69H,17,24,29-33H2,1-16H3,(H,61,71)(H,62,72)(H,63,70)/t39-,42+,43-,44-,45+,46-,47+,48+,49-,50+,51-/m1/s1. The molecule has 4 rings (SSSR count). The minimum absolute atomic E-state index is 0.0684. The highest BCUT2D eigenvalue weighted by atomic mass is 16.6. The molecule has 2 aliphatic heterocycles. The van der Waals surface area contributed by atoms with Crippen molar-refractivity contribution in [1.29, 1.82) is 0 Å². The van der Waals surface area contributed by atoms with Crippen molar-refractivity contribution < 1.29 is 53.0 Å². The van der Waals surface area contributed by atoms with E-state index in [1.54, 1.807) is 109 Å². The Morgan fingerprint density at radius 3 is 1.61 bits per heavy atom. The van der Waals surface area contributed by atoms with E-state index >= 15 is 9.59 Å². The Bertz CT molecular complexity index is 2420. The number of benzene rings is 2. The Kier molecular flexibility index (Phi) is 24.1. The number of rotatable bonds is 13. The maximum absolute atomic E-state index is 15.3. The number of cyclic esters (lactones) is 1. The normalized spacial score (nSPS) is 26.4. The Balaban J connectivity index is 1.98. The van der Waals surface area contributed by atoms with Crippen LogP contribution >= 0.6 is 0 Å². The lowest BCUT2D eigenvalue weighted by atomic mass is 9.94. The summed E-state index contributed by atoms with van der Waals surface area (Å²) in [5, 5.41) is 21.1. The van der Waals surface area contributed by atoms with Gasteiger partial charge in [-0.15, -0.1) is 0 Å². The Labute approximate surface area is 469 Å². The Morgan fingerprint density at radius 2 is 1.08 bits per heavy atom. The largest absolute Gasteiger partial charge is 0.450 e. The molecule has 19 nitrogen and oxygen atoms in total. The van der Waals surface area contributed by atoms with Crippen LogP contribution in [0.5, 0.6) is 0 Å². The van der Waals surface area contributed by atoms with Crippen LogP contribution in [-0.4, -0.2) is 172 Å². The quantitative estimate of drug-likeness (QED) is 0.200. The van der Waals surface area contributed by atoms with E-state index in [2.05, 4.69) is 16.0 Å². The van der Waals surface area contributed by atoms with Gasteiger partial charge in [0.15, 0.2) is 6.10 Å². The van der Waals surface area contributed by atoms with Crippen molar-refractivity contribution in [2.45, 2.75) is 182 Å². The van der Waals surface area contributed by atoms with Crippen molar-refractivity contribution >= 4 is 53.2 Å². The number of aliphatic hydroxyl groups is 1. The van der Waals surface area contributed by atoms with Gasteiger partial charge >= 0.3 is 5.97 Å². The molecule has 4 N–H and O–H groups in total. The number of amides is 8. The number of aliphatic hydroxyl groups excluding tert-OH is 1. The molecule has 438 valence electrons. The maximum atomic E-state index is 15.3. The van der Waals surface area contributed by atoms with E-state index in [1.165, 1.54) is 47.8 Å². The fraction of sp³-hybridized carbons (Fsp3) is 0.650. The van der Waals surface area contributed by atoms with E-state index in [4.69, 9.17) is 4.74 Å². The van der Waals surface area contributed by atoms with Gasteiger partial charge in [0.25, 0.3) is 5.91 Å². The molecule has 19 heteroatoms. The molecule has 0 spiro atoms. The third-order valence-corrected chi connectivity index (χ3v) is 15.5. The third-order valence-electron chi connectivity index (χ3n) is 15.5. The van der Waals surface area contributed by atoms with E-state index in [9.17, 15) is 38.7 Å². The fourth-order valence-corrected chi connectivity index (χ4v) is 10.9. The van der Waals surface area contributed by atoms with Gasteiger partial charge in [0.1, 0.15) is 54.4 Å². The van der Waals surface area contributed by atoms with Gasteiger partial charge in [-0.05, 0) is 72.3 Å². The number of likely N-dealkylation sites (N-methyl/N-ethyl adjacent to an activating group) is 4. The highest BCUT2D eigenvalue weighted by Crippen LogP contribution is 2.29. The summed E-state index contributed by atoms with van der Waals surface area (Å²) >= 11 is 0. The maximum Gasteiger partial charge on any atom is 0.329 e. The lowest BCUT2D eigenvalue weighted by molar-refractivity contribution is -0.171. The Morgan fingerprint density at radius 1 is 0.557 bits per heavy atom. The number of carbonyl (C=O) groups is 9. The van der Waals surface area contributed by atoms with Crippen molar-refractivity contribution in [1.82, 2.24) is 40.4 Å². The van der Waals surface area contributed by atoms with Crippen molar-refractivity contribution in [3.63, 3.8) is 0 Å². The Hall–Kier alpha value is -6.37. The predicted octanol–water partition coefficient (Wildman–Crippen LogP) is 4.75. The summed E-state index contributed by atoms with van der Waals surface area (Å²) < 4.78 is 6.10. The molecular weight excluding hydrogens is 1010 g/mol. The topological polar surface area (TPSA) is 235 Å². The molecule has 2 aromatic carbocycles. The van der Waals surface area contributed by atoms with E-state index in [1.807, 2.05) is 34.6 Å². The van der Waals surface area contributed by atoms with E-state index in [0.29, 0.717) is 24.0 Å². The van der Waals surface area contributed by atoms with Crippen LogP contribution < -0.4 is 16.0 Å². The number of esters is 1. The SMILES string of the molecule is CC[C@@H](C)[C@H]1NC(=O)[C@H]2CCCN2C(=O)[C@@H]([C@@H](O)c2ccccc2)N(C)C(=O)[C@@H](Cc2ccccc2)NC(=O)[C@H](C(C)C)N(C)C(=O)[C@@H](C(C)C)OC(=O)[C@H](C(C)C)N(C)C(=O)[C@H](CC(C)C)NC(=O)[C@H](CC(C)C)N(C)C1=O. The zero-order valence-electron chi connectivity index (χ0n) is 49.7. The molecule has 79 heavy (non-hydrogen) atoms. The average Bonchev–Trinajstić information content (AvgIpc) is 3.91. The molecule has 0 unspecified atom stereocenters. The molecule has 2 aromatic rings. The number of nitrogens with one attached hydrogen (secondary N) is 3. The zero-order valence-corrected chi connectivity index (χ0v) is 49.7. The van der Waals surface area contributed by atoms with Crippen molar-refractivity contribution in [2.24, 2.45) is 35.5 Å². The first-order valence-corrected chi connectivity index (χ1v) is 28.3. The average molecular weight is 1100 g/mol. The van der Waals surface area contributed by atoms with Gasteiger partial charge in [-0.2, -0.15) is 0 Å². The first kappa shape index (κ1) is 65.2. The number of fused-ring (bicyclic) bond motifs is 1. The fourth-order valence-electron chi connectivity index (χ4n) is 10.9. The predicted molar refractivity (Wildman–Crippen MR) is 301 cm³/mol. The van der Waals surface area contributed by atoms with E-state index < -0.39 is 137 Å². The molecule has 11 atom stereocenters. The number of hydrogen-bond donors (Lipinski definition) is 4. The van der Waals surface area contributed by atoms with Gasteiger partial charge in [-0.25, -0.2) is 4.79 Å². The first-order valence-electron chi connectivity index (χ1n) is 28.3. The van der Waals surface area contributed by atoms with E-state index in [0.717, 1.165) is 4.90 Å². The lowest BCUT2D eigenvalue weighted by Crippen LogP contribution is -2.62. The molecule has 0 saturated carbocycles. The summed E-state index contributed by atoms with van der Waals surface area (Å²) in [5.41, 5.74) is 0.951. The van der Waals surface area contributed by atoms with Gasteiger partial charge in [0.05, 0.1) is 0 Å². The highest BCUT2D eigenvalue weighted by Gasteiger charge is 2.47. The number of hydrogen-bond acceptors (Lipinski definition) is 11. The van der Waals surface area contributed by atoms with Crippen molar-refractivity contribution in [3.8, 4) is 0 Å². The summed E-state index contributed by atoms with van der Waals surface area (Å²) in [6, 6.07) is 7.13. The van der Waals surface area contributed by atoms with Gasteiger partial charge in [-0.1, -0.05) is 150 Å². The summed E-state index contributed by atoms with van der Waals surface area (Å²) in [7, 11) is 5.70. The van der Waals surface area contributed by atoms with Gasteiger partial charge < -0.3 is 50.3 Å². The smallest absolute Gasteiger partial charge is 0.329 e. The molecule has 2 aliphatic rings. The molecule has 0 radical (unpaired) electrons. The summed E-state index contributed by atoms with van der Waals surface area (Å²) in [4.78, 5) is 140. The molecule has 0 aromatic heterocycles. The van der Waals surface area contributed by atoms with Crippen LogP contribution in [0.1, 0.15) is 132 Å². The van der Waals surface area contributed by atoms with Crippen LogP contribution in [0.4, 0.5) is 0 Å². The van der Waals surface area contributed by atoms with Crippen molar-refractivity contribution in [2.75, 3.05) is 34.7 Å². The second kappa shape index (κ2) is 29.2. The van der Waals surface area contributed by atoms with Crippen LogP contribution in [0, 0.1) is 35.5 Å².